The Morgan fingerprint density at radius 2 is 1.59 bits per heavy atom. The first-order chi connectivity index (χ1) is 15.7. The zero-order chi connectivity index (χ0) is 22.3. The topological polar surface area (TPSA) is 45.5 Å². The molecule has 0 aliphatic carbocycles. The zero-order valence-electron chi connectivity index (χ0n) is 18.1. The third kappa shape index (κ3) is 5.06. The Hall–Kier alpha value is -3.44. The van der Waals surface area contributed by atoms with Crippen molar-refractivity contribution in [1.82, 2.24) is 9.78 Å². The van der Waals surface area contributed by atoms with Gasteiger partial charge in [0, 0.05) is 11.6 Å². The van der Waals surface area contributed by atoms with Gasteiger partial charge in [-0.05, 0) is 42.3 Å². The van der Waals surface area contributed by atoms with Crippen LogP contribution in [0.4, 0.5) is 0 Å². The van der Waals surface area contributed by atoms with E-state index in [4.69, 9.17) is 25.8 Å². The molecule has 6 heteroatoms. The average Bonchev–Trinajstić information content (AvgIpc) is 3.23. The van der Waals surface area contributed by atoms with Crippen LogP contribution in [-0.2, 0) is 6.54 Å². The lowest BCUT2D eigenvalue weighted by Gasteiger charge is -2.11. The Balaban J connectivity index is 1.43. The van der Waals surface area contributed by atoms with Crippen LogP contribution in [0, 0.1) is 0 Å². The van der Waals surface area contributed by atoms with Gasteiger partial charge in [0.2, 0.25) is 5.88 Å². The molecule has 1 aromatic heterocycles. The normalized spacial score (nSPS) is 10.7. The van der Waals surface area contributed by atoms with Crippen LogP contribution in [0.15, 0.2) is 78.9 Å². The van der Waals surface area contributed by atoms with Crippen molar-refractivity contribution < 1.29 is 14.2 Å². The van der Waals surface area contributed by atoms with E-state index in [1.54, 1.807) is 7.11 Å². The van der Waals surface area contributed by atoms with Gasteiger partial charge >= 0.3 is 0 Å². The predicted molar refractivity (Wildman–Crippen MR) is 128 cm³/mol. The summed E-state index contributed by atoms with van der Waals surface area (Å²) in [5, 5.41) is 5.25. The lowest BCUT2D eigenvalue weighted by atomic mass is 10.1. The average molecular weight is 449 g/mol. The highest BCUT2D eigenvalue weighted by atomic mass is 35.5. The number of benzene rings is 3. The second-order valence-corrected chi connectivity index (χ2v) is 7.52. The molecule has 0 N–H and O–H groups in total. The Bertz CT molecular complexity index is 1160. The molecular weight excluding hydrogens is 424 g/mol. The number of hydrogen-bond donors (Lipinski definition) is 0. The summed E-state index contributed by atoms with van der Waals surface area (Å²) < 4.78 is 18.7. The van der Waals surface area contributed by atoms with E-state index in [1.807, 2.05) is 90.5 Å². The molecule has 0 aliphatic heterocycles. The third-order valence-electron chi connectivity index (χ3n) is 5.02. The van der Waals surface area contributed by atoms with Gasteiger partial charge in [-0.1, -0.05) is 60.1 Å². The smallest absolute Gasteiger partial charge is 0.212 e. The maximum absolute atomic E-state index is 6.49. The Labute approximate surface area is 193 Å². The van der Waals surface area contributed by atoms with E-state index in [2.05, 4.69) is 5.10 Å². The van der Waals surface area contributed by atoms with Gasteiger partial charge < -0.3 is 14.2 Å². The number of aromatic nitrogens is 2. The van der Waals surface area contributed by atoms with Gasteiger partial charge in [-0.25, -0.2) is 4.68 Å². The molecule has 0 saturated heterocycles. The standard InChI is InChI=1S/C26H25ClN2O3/c1-3-31-26-18-24(20-7-5-4-6-8-20)28-29(26)15-16-32-25-14-11-21(17-23(25)27)19-9-12-22(30-2)13-10-19/h4-14,17-18H,3,15-16H2,1-2H3. The molecule has 32 heavy (non-hydrogen) atoms. The lowest BCUT2D eigenvalue weighted by Crippen LogP contribution is -2.11. The minimum atomic E-state index is 0.414. The highest BCUT2D eigenvalue weighted by Crippen LogP contribution is 2.31. The molecule has 0 bridgehead atoms. The summed E-state index contributed by atoms with van der Waals surface area (Å²) >= 11 is 6.49. The molecular formula is C26H25ClN2O3. The summed E-state index contributed by atoms with van der Waals surface area (Å²) in [7, 11) is 1.65. The maximum Gasteiger partial charge on any atom is 0.212 e. The number of hydrogen-bond acceptors (Lipinski definition) is 4. The van der Waals surface area contributed by atoms with Gasteiger partial charge in [-0.3, -0.25) is 0 Å². The van der Waals surface area contributed by atoms with Crippen LogP contribution in [0.1, 0.15) is 6.92 Å². The summed E-state index contributed by atoms with van der Waals surface area (Å²) in [6, 6.07) is 25.7. The van der Waals surface area contributed by atoms with E-state index in [-0.39, 0.29) is 0 Å². The first-order valence-corrected chi connectivity index (χ1v) is 10.9. The SMILES string of the molecule is CCOc1cc(-c2ccccc2)nn1CCOc1ccc(-c2ccc(OC)cc2)cc1Cl. The van der Waals surface area contributed by atoms with Crippen LogP contribution < -0.4 is 14.2 Å². The lowest BCUT2D eigenvalue weighted by molar-refractivity contribution is 0.260. The third-order valence-corrected chi connectivity index (χ3v) is 5.32. The van der Waals surface area contributed by atoms with E-state index >= 15 is 0 Å². The monoisotopic (exact) mass is 448 g/mol. The van der Waals surface area contributed by atoms with Crippen LogP contribution in [0.3, 0.4) is 0 Å². The molecule has 0 unspecified atom stereocenters. The van der Waals surface area contributed by atoms with Crippen molar-refractivity contribution in [2.75, 3.05) is 20.3 Å². The highest BCUT2D eigenvalue weighted by Gasteiger charge is 2.11. The summed E-state index contributed by atoms with van der Waals surface area (Å²) in [4.78, 5) is 0. The van der Waals surface area contributed by atoms with Crippen molar-refractivity contribution in [3.8, 4) is 39.8 Å². The molecule has 5 nitrogen and oxygen atoms in total. The second kappa shape index (κ2) is 10.2. The predicted octanol–water partition coefficient (Wildman–Crippen LogP) is 6.36. The summed E-state index contributed by atoms with van der Waals surface area (Å²) in [5.74, 6) is 2.17. The number of ether oxygens (including phenoxy) is 3. The van der Waals surface area contributed by atoms with Crippen molar-refractivity contribution in [2.24, 2.45) is 0 Å². The van der Waals surface area contributed by atoms with Crippen molar-refractivity contribution in [1.29, 1.82) is 0 Å². The number of methoxy groups -OCH3 is 1. The zero-order valence-corrected chi connectivity index (χ0v) is 18.9. The van der Waals surface area contributed by atoms with Crippen LogP contribution in [0.25, 0.3) is 22.4 Å². The molecule has 0 saturated carbocycles. The maximum atomic E-state index is 6.49. The number of nitrogens with zero attached hydrogens (tertiary/aromatic N) is 2. The van der Waals surface area contributed by atoms with E-state index in [0.29, 0.717) is 30.5 Å². The van der Waals surface area contributed by atoms with E-state index in [0.717, 1.165) is 34.0 Å². The van der Waals surface area contributed by atoms with E-state index < -0.39 is 0 Å². The Morgan fingerprint density at radius 1 is 0.844 bits per heavy atom. The molecule has 0 spiro atoms. The Kier molecular flexibility index (Phi) is 6.97. The van der Waals surface area contributed by atoms with Crippen molar-refractivity contribution in [3.05, 3.63) is 83.9 Å². The number of halogens is 1. The van der Waals surface area contributed by atoms with E-state index in [9.17, 15) is 0 Å². The molecule has 0 fully saturated rings. The summed E-state index contributed by atoms with van der Waals surface area (Å²) in [6.07, 6.45) is 0. The quantitative estimate of drug-likeness (QED) is 0.299. The van der Waals surface area contributed by atoms with Gasteiger partial charge in [0.05, 0.1) is 31.0 Å². The van der Waals surface area contributed by atoms with Gasteiger partial charge in [-0.2, -0.15) is 5.10 Å². The van der Waals surface area contributed by atoms with Gasteiger partial charge in [0.1, 0.15) is 18.1 Å². The minimum absolute atomic E-state index is 0.414. The van der Waals surface area contributed by atoms with Gasteiger partial charge in [0.25, 0.3) is 0 Å². The first-order valence-electron chi connectivity index (χ1n) is 10.5. The van der Waals surface area contributed by atoms with Gasteiger partial charge in [-0.15, -0.1) is 0 Å². The molecule has 164 valence electrons. The molecule has 4 aromatic rings. The van der Waals surface area contributed by atoms with Crippen molar-refractivity contribution in [2.45, 2.75) is 13.5 Å². The van der Waals surface area contributed by atoms with Crippen LogP contribution in [0.2, 0.25) is 5.02 Å². The van der Waals surface area contributed by atoms with Gasteiger partial charge in [0.15, 0.2) is 0 Å². The molecule has 1 heterocycles. The fourth-order valence-corrected chi connectivity index (χ4v) is 3.63. The van der Waals surface area contributed by atoms with E-state index in [1.165, 1.54) is 0 Å². The molecule has 0 atom stereocenters. The Morgan fingerprint density at radius 3 is 2.28 bits per heavy atom. The van der Waals surface area contributed by atoms with Crippen LogP contribution in [-0.4, -0.2) is 30.1 Å². The van der Waals surface area contributed by atoms with Crippen LogP contribution in [0.5, 0.6) is 17.4 Å². The summed E-state index contributed by atoms with van der Waals surface area (Å²) in [6.45, 7) is 3.48. The second-order valence-electron chi connectivity index (χ2n) is 7.11. The fraction of sp³-hybridized carbons (Fsp3) is 0.192. The molecule has 0 amide bonds. The molecule has 3 aromatic carbocycles. The van der Waals surface area contributed by atoms with Crippen LogP contribution >= 0.6 is 11.6 Å². The summed E-state index contributed by atoms with van der Waals surface area (Å²) in [5.41, 5.74) is 4.00. The largest absolute Gasteiger partial charge is 0.497 e. The molecule has 0 radical (unpaired) electrons. The minimum Gasteiger partial charge on any atom is -0.497 e. The molecule has 0 aliphatic rings. The number of rotatable bonds is 9. The fourth-order valence-electron chi connectivity index (χ4n) is 3.40. The molecule has 4 rings (SSSR count). The highest BCUT2D eigenvalue weighted by molar-refractivity contribution is 6.32. The van der Waals surface area contributed by atoms with Crippen molar-refractivity contribution >= 4 is 11.6 Å². The van der Waals surface area contributed by atoms with Crippen molar-refractivity contribution in [3.63, 3.8) is 0 Å². The first kappa shape index (κ1) is 21.8.